The number of benzene rings is 3. The lowest BCUT2D eigenvalue weighted by molar-refractivity contribution is -0.113. The highest BCUT2D eigenvalue weighted by atomic mass is 79.9. The average molecular weight is 561 g/mol. The van der Waals surface area contributed by atoms with E-state index in [1.54, 1.807) is 12.0 Å². The minimum absolute atomic E-state index is 0.145. The molecule has 0 bridgehead atoms. The van der Waals surface area contributed by atoms with E-state index < -0.39 is 0 Å². The molecule has 0 saturated carbocycles. The Kier molecular flexibility index (Phi) is 7.44. The lowest BCUT2D eigenvalue weighted by Gasteiger charge is -2.15. The summed E-state index contributed by atoms with van der Waals surface area (Å²) in [6.45, 7) is 2.35. The number of hydrogen-bond acceptors (Lipinski definition) is 5. The van der Waals surface area contributed by atoms with Crippen LogP contribution in [-0.4, -0.2) is 17.3 Å². The molecule has 1 fully saturated rings. The fourth-order valence-electron chi connectivity index (χ4n) is 3.31. The number of carbonyl (C=O) groups excluding carboxylic acids is 1. The van der Waals surface area contributed by atoms with Crippen molar-refractivity contribution < 1.29 is 14.3 Å². The molecule has 1 amide bonds. The van der Waals surface area contributed by atoms with Gasteiger partial charge in [0.2, 0.25) is 0 Å². The molecule has 1 aliphatic heterocycles. The number of hydrogen-bond donors (Lipinski definition) is 0. The molecule has 1 aliphatic rings. The summed E-state index contributed by atoms with van der Waals surface area (Å²) in [5.41, 5.74) is 3.61. The van der Waals surface area contributed by atoms with Crippen LogP contribution in [0.5, 0.6) is 11.5 Å². The van der Waals surface area contributed by atoms with E-state index >= 15 is 0 Å². The van der Waals surface area contributed by atoms with Crippen molar-refractivity contribution in [2.75, 3.05) is 12.0 Å². The van der Waals surface area contributed by atoms with E-state index in [2.05, 4.69) is 15.9 Å². The Morgan fingerprint density at radius 1 is 1.15 bits per heavy atom. The van der Waals surface area contributed by atoms with Gasteiger partial charge >= 0.3 is 0 Å². The summed E-state index contributed by atoms with van der Waals surface area (Å²) in [7, 11) is 1.58. The molecule has 0 N–H and O–H groups in total. The Morgan fingerprint density at radius 2 is 1.91 bits per heavy atom. The lowest BCUT2D eigenvalue weighted by atomic mass is 10.1. The van der Waals surface area contributed by atoms with Gasteiger partial charge in [0, 0.05) is 5.02 Å². The third-order valence-electron chi connectivity index (χ3n) is 4.90. The van der Waals surface area contributed by atoms with Crippen molar-refractivity contribution in [1.29, 1.82) is 0 Å². The van der Waals surface area contributed by atoms with Crippen LogP contribution in [0, 0.1) is 6.92 Å². The number of thioether (sulfide) groups is 1. The maximum absolute atomic E-state index is 13.1. The standard InChI is InChI=1S/C25H19BrClNO3S2/c1-15-4-3-5-19(10-15)28-24(29)22(33-25(28)32)13-17-11-20(26)23(21(12-17)30-2)31-14-16-6-8-18(27)9-7-16/h3-13H,14H2,1-2H3/b22-13-. The molecule has 0 spiro atoms. The van der Waals surface area contributed by atoms with Crippen LogP contribution in [0.3, 0.4) is 0 Å². The van der Waals surface area contributed by atoms with Gasteiger partial charge in [-0.15, -0.1) is 0 Å². The average Bonchev–Trinajstić information content (AvgIpc) is 3.06. The minimum atomic E-state index is -0.145. The maximum Gasteiger partial charge on any atom is 0.270 e. The number of anilines is 1. The fourth-order valence-corrected chi connectivity index (χ4v) is 5.31. The second-order valence-electron chi connectivity index (χ2n) is 7.31. The third-order valence-corrected chi connectivity index (χ3v) is 7.04. The predicted molar refractivity (Wildman–Crippen MR) is 143 cm³/mol. The molecule has 1 heterocycles. The van der Waals surface area contributed by atoms with Crippen LogP contribution < -0.4 is 14.4 Å². The molecule has 33 heavy (non-hydrogen) atoms. The van der Waals surface area contributed by atoms with E-state index in [-0.39, 0.29) is 5.91 Å². The van der Waals surface area contributed by atoms with E-state index in [0.29, 0.717) is 32.4 Å². The van der Waals surface area contributed by atoms with Gasteiger partial charge in [0.25, 0.3) is 5.91 Å². The minimum Gasteiger partial charge on any atom is -0.493 e. The Labute approximate surface area is 215 Å². The van der Waals surface area contributed by atoms with Crippen LogP contribution >= 0.6 is 51.5 Å². The van der Waals surface area contributed by atoms with Crippen LogP contribution in [-0.2, 0) is 11.4 Å². The SMILES string of the molecule is COc1cc(/C=C2\SC(=S)N(c3cccc(C)c3)C2=O)cc(Br)c1OCc1ccc(Cl)cc1. The number of halogens is 2. The molecule has 0 atom stereocenters. The summed E-state index contributed by atoms with van der Waals surface area (Å²) in [6.07, 6.45) is 1.81. The van der Waals surface area contributed by atoms with Crippen LogP contribution in [0.15, 0.2) is 70.0 Å². The van der Waals surface area contributed by atoms with E-state index in [1.165, 1.54) is 11.8 Å². The highest BCUT2D eigenvalue weighted by molar-refractivity contribution is 9.10. The second kappa shape index (κ2) is 10.3. The number of rotatable bonds is 6. The van der Waals surface area contributed by atoms with Crippen molar-refractivity contribution in [1.82, 2.24) is 0 Å². The molecular weight excluding hydrogens is 542 g/mol. The zero-order valence-electron chi connectivity index (χ0n) is 17.8. The van der Waals surface area contributed by atoms with E-state index in [9.17, 15) is 4.79 Å². The molecule has 0 unspecified atom stereocenters. The smallest absolute Gasteiger partial charge is 0.270 e. The van der Waals surface area contributed by atoms with Crippen molar-refractivity contribution in [2.24, 2.45) is 0 Å². The molecule has 8 heteroatoms. The topological polar surface area (TPSA) is 38.8 Å². The summed E-state index contributed by atoms with van der Waals surface area (Å²) in [5.74, 6) is 0.990. The normalized spacial score (nSPS) is 14.8. The van der Waals surface area contributed by atoms with Crippen LogP contribution in [0.2, 0.25) is 5.02 Å². The van der Waals surface area contributed by atoms with E-state index in [1.807, 2.05) is 73.7 Å². The van der Waals surface area contributed by atoms with Gasteiger partial charge < -0.3 is 9.47 Å². The molecule has 0 aromatic heterocycles. The molecule has 4 rings (SSSR count). The largest absolute Gasteiger partial charge is 0.493 e. The number of carbonyl (C=O) groups is 1. The molecule has 168 valence electrons. The molecule has 3 aromatic rings. The third kappa shape index (κ3) is 5.44. The Morgan fingerprint density at radius 3 is 2.61 bits per heavy atom. The first-order chi connectivity index (χ1) is 15.9. The first kappa shape index (κ1) is 23.8. The molecule has 3 aromatic carbocycles. The first-order valence-electron chi connectivity index (χ1n) is 9.95. The number of thiocarbonyl (C=S) groups is 1. The summed E-state index contributed by atoms with van der Waals surface area (Å²) in [5, 5.41) is 0.676. The zero-order chi connectivity index (χ0) is 23.5. The summed E-state index contributed by atoms with van der Waals surface area (Å²) in [4.78, 5) is 15.2. The van der Waals surface area contributed by atoms with Crippen molar-refractivity contribution in [3.63, 3.8) is 0 Å². The van der Waals surface area contributed by atoms with Crippen molar-refractivity contribution in [3.8, 4) is 11.5 Å². The zero-order valence-corrected chi connectivity index (χ0v) is 21.8. The Hall–Kier alpha value is -2.32. The van der Waals surface area contributed by atoms with Crippen molar-refractivity contribution in [2.45, 2.75) is 13.5 Å². The molecule has 0 aliphatic carbocycles. The van der Waals surface area contributed by atoms with Gasteiger partial charge in [-0.25, -0.2) is 0 Å². The molecular formula is C25H19BrClNO3S2. The monoisotopic (exact) mass is 559 g/mol. The second-order valence-corrected chi connectivity index (χ2v) is 10.3. The van der Waals surface area contributed by atoms with Gasteiger partial charge in [-0.1, -0.05) is 59.8 Å². The van der Waals surface area contributed by atoms with Gasteiger partial charge in [0.1, 0.15) is 6.61 Å². The van der Waals surface area contributed by atoms with Crippen LogP contribution in [0.1, 0.15) is 16.7 Å². The summed E-state index contributed by atoms with van der Waals surface area (Å²) >= 11 is 16.3. The quantitative estimate of drug-likeness (QED) is 0.232. The van der Waals surface area contributed by atoms with Crippen molar-refractivity contribution in [3.05, 3.63) is 91.8 Å². The Bertz CT molecular complexity index is 1260. The van der Waals surface area contributed by atoms with Gasteiger partial charge in [-0.3, -0.25) is 9.69 Å². The highest BCUT2D eigenvalue weighted by Crippen LogP contribution is 2.40. The maximum atomic E-state index is 13.1. The number of nitrogens with zero attached hydrogens (tertiary/aromatic N) is 1. The van der Waals surface area contributed by atoms with Gasteiger partial charge in [-0.2, -0.15) is 0 Å². The number of aryl methyl sites for hydroxylation is 1. The molecule has 0 radical (unpaired) electrons. The van der Waals surface area contributed by atoms with E-state index in [0.717, 1.165) is 26.9 Å². The Balaban J connectivity index is 1.58. The summed E-state index contributed by atoms with van der Waals surface area (Å²) < 4.78 is 12.8. The van der Waals surface area contributed by atoms with Gasteiger partial charge in [0.05, 0.1) is 22.2 Å². The number of amides is 1. The predicted octanol–water partition coefficient (Wildman–Crippen LogP) is 7.40. The molecule has 1 saturated heterocycles. The van der Waals surface area contributed by atoms with E-state index in [4.69, 9.17) is 33.3 Å². The number of ether oxygens (including phenoxy) is 2. The molecule has 4 nitrogen and oxygen atoms in total. The van der Waals surface area contributed by atoms with Crippen molar-refractivity contribution >= 4 is 73.5 Å². The lowest BCUT2D eigenvalue weighted by Crippen LogP contribution is -2.27. The van der Waals surface area contributed by atoms with Crippen LogP contribution in [0.4, 0.5) is 5.69 Å². The van der Waals surface area contributed by atoms with Gasteiger partial charge in [0.15, 0.2) is 15.8 Å². The summed E-state index contributed by atoms with van der Waals surface area (Å²) in [6, 6.07) is 18.9. The highest BCUT2D eigenvalue weighted by Gasteiger charge is 2.33. The van der Waals surface area contributed by atoms with Crippen LogP contribution in [0.25, 0.3) is 6.08 Å². The number of methoxy groups -OCH3 is 1. The fraction of sp³-hybridized carbons (Fsp3) is 0.120. The van der Waals surface area contributed by atoms with Gasteiger partial charge in [-0.05, 0) is 82.0 Å². The first-order valence-corrected chi connectivity index (χ1v) is 12.3.